The Bertz CT molecular complexity index is 116. The van der Waals surface area contributed by atoms with Crippen molar-refractivity contribution < 1.29 is 30.3 Å². The van der Waals surface area contributed by atoms with E-state index in [4.69, 9.17) is 25.5 Å². The number of hydrogen-bond donors (Lipinski definition) is 5. The molecule has 80 valence electrons. The molecule has 0 spiro atoms. The fraction of sp³-hybridized carbons (Fsp3) is 1.00. The zero-order valence-electron chi connectivity index (χ0n) is 7.37. The number of ether oxygens (including phenoxy) is 1. The lowest BCUT2D eigenvalue weighted by Crippen LogP contribution is -2.52. The van der Waals surface area contributed by atoms with E-state index in [1.165, 1.54) is 0 Å². The SMILES string of the molecule is CCO.OC1OC[C@@H](O)[C@H](O)[C@H]1O. The van der Waals surface area contributed by atoms with Crippen molar-refractivity contribution in [3.05, 3.63) is 0 Å². The van der Waals surface area contributed by atoms with E-state index in [-0.39, 0.29) is 13.2 Å². The molecule has 6 heteroatoms. The molecule has 1 aliphatic heterocycles. The summed E-state index contributed by atoms with van der Waals surface area (Å²) in [6, 6.07) is 0. The highest BCUT2D eigenvalue weighted by molar-refractivity contribution is 4.81. The Kier molecular flexibility index (Phi) is 6.13. The Labute approximate surface area is 76.0 Å². The van der Waals surface area contributed by atoms with Crippen LogP contribution in [-0.2, 0) is 4.74 Å². The van der Waals surface area contributed by atoms with Crippen LogP contribution >= 0.6 is 0 Å². The number of aliphatic hydroxyl groups excluding tert-OH is 5. The van der Waals surface area contributed by atoms with Crippen LogP contribution in [0.4, 0.5) is 0 Å². The number of rotatable bonds is 0. The molecule has 6 nitrogen and oxygen atoms in total. The molecule has 4 atom stereocenters. The Morgan fingerprint density at radius 3 is 2.00 bits per heavy atom. The minimum absolute atomic E-state index is 0.153. The van der Waals surface area contributed by atoms with E-state index < -0.39 is 24.6 Å². The van der Waals surface area contributed by atoms with Crippen molar-refractivity contribution in [2.45, 2.75) is 31.5 Å². The van der Waals surface area contributed by atoms with Gasteiger partial charge in [0.2, 0.25) is 0 Å². The molecule has 0 aliphatic carbocycles. The second-order valence-corrected chi connectivity index (χ2v) is 2.59. The van der Waals surface area contributed by atoms with E-state index in [0.29, 0.717) is 0 Å². The third-order valence-electron chi connectivity index (χ3n) is 1.47. The maximum Gasteiger partial charge on any atom is 0.183 e. The summed E-state index contributed by atoms with van der Waals surface area (Å²) >= 11 is 0. The summed E-state index contributed by atoms with van der Waals surface area (Å²) in [5.74, 6) is 0. The monoisotopic (exact) mass is 196 g/mol. The Morgan fingerprint density at radius 1 is 1.15 bits per heavy atom. The summed E-state index contributed by atoms with van der Waals surface area (Å²) in [4.78, 5) is 0. The van der Waals surface area contributed by atoms with Gasteiger partial charge in [-0.15, -0.1) is 0 Å². The molecule has 1 unspecified atom stereocenters. The fourth-order valence-electron chi connectivity index (χ4n) is 0.791. The van der Waals surface area contributed by atoms with Crippen molar-refractivity contribution in [1.82, 2.24) is 0 Å². The summed E-state index contributed by atoms with van der Waals surface area (Å²) in [6.07, 6.45) is -5.23. The van der Waals surface area contributed by atoms with Gasteiger partial charge in [-0.25, -0.2) is 0 Å². The predicted octanol–water partition coefficient (Wildman–Crippen LogP) is -2.58. The maximum absolute atomic E-state index is 8.88. The summed E-state index contributed by atoms with van der Waals surface area (Å²) < 4.78 is 4.47. The van der Waals surface area contributed by atoms with Gasteiger partial charge in [0.05, 0.1) is 6.61 Å². The van der Waals surface area contributed by atoms with Gasteiger partial charge in [0, 0.05) is 6.61 Å². The minimum Gasteiger partial charge on any atom is -0.397 e. The molecule has 0 saturated carbocycles. The van der Waals surface area contributed by atoms with E-state index in [0.717, 1.165) is 0 Å². The zero-order valence-corrected chi connectivity index (χ0v) is 7.37. The molecule has 1 fully saturated rings. The van der Waals surface area contributed by atoms with Crippen LogP contribution < -0.4 is 0 Å². The highest BCUT2D eigenvalue weighted by Crippen LogP contribution is 2.12. The third-order valence-corrected chi connectivity index (χ3v) is 1.47. The molecule has 0 aromatic heterocycles. The number of aliphatic hydroxyl groups is 5. The first-order valence-corrected chi connectivity index (χ1v) is 3.99. The molecule has 0 aromatic rings. The van der Waals surface area contributed by atoms with Gasteiger partial charge in [-0.1, -0.05) is 0 Å². The van der Waals surface area contributed by atoms with Gasteiger partial charge >= 0.3 is 0 Å². The molecule has 0 aromatic carbocycles. The summed E-state index contributed by atoms with van der Waals surface area (Å²) in [6.45, 7) is 1.78. The van der Waals surface area contributed by atoms with E-state index in [9.17, 15) is 0 Å². The zero-order chi connectivity index (χ0) is 10.4. The van der Waals surface area contributed by atoms with Crippen LogP contribution in [0.2, 0.25) is 0 Å². The first kappa shape index (κ1) is 12.8. The van der Waals surface area contributed by atoms with Crippen molar-refractivity contribution in [2.75, 3.05) is 13.2 Å². The van der Waals surface area contributed by atoms with Crippen molar-refractivity contribution in [3.8, 4) is 0 Å². The maximum atomic E-state index is 8.88. The van der Waals surface area contributed by atoms with Crippen LogP contribution in [0.1, 0.15) is 6.92 Å². The third kappa shape index (κ3) is 3.99. The minimum atomic E-state index is -1.41. The normalized spacial score (nSPS) is 39.2. The molecule has 0 radical (unpaired) electrons. The quantitative estimate of drug-likeness (QED) is 0.291. The largest absolute Gasteiger partial charge is 0.397 e. The van der Waals surface area contributed by atoms with Gasteiger partial charge in [0.25, 0.3) is 0 Å². The number of hydrogen-bond acceptors (Lipinski definition) is 6. The second-order valence-electron chi connectivity index (χ2n) is 2.59. The molecular weight excluding hydrogens is 180 g/mol. The van der Waals surface area contributed by atoms with Crippen molar-refractivity contribution in [2.24, 2.45) is 0 Å². The average molecular weight is 196 g/mol. The lowest BCUT2D eigenvalue weighted by molar-refractivity contribution is -0.252. The molecule has 1 saturated heterocycles. The molecule has 1 aliphatic rings. The molecule has 1 heterocycles. The van der Waals surface area contributed by atoms with Crippen LogP contribution in [0, 0.1) is 0 Å². The Balaban J connectivity index is 0.000000424. The smallest absolute Gasteiger partial charge is 0.183 e. The Hall–Kier alpha value is -0.240. The highest BCUT2D eigenvalue weighted by Gasteiger charge is 2.36. The van der Waals surface area contributed by atoms with E-state index in [2.05, 4.69) is 4.74 Å². The van der Waals surface area contributed by atoms with Crippen LogP contribution in [-0.4, -0.2) is 63.3 Å². The van der Waals surface area contributed by atoms with Gasteiger partial charge in [-0.2, -0.15) is 0 Å². The van der Waals surface area contributed by atoms with Crippen LogP contribution in [0.15, 0.2) is 0 Å². The van der Waals surface area contributed by atoms with Crippen molar-refractivity contribution in [3.63, 3.8) is 0 Å². The topological polar surface area (TPSA) is 110 Å². The summed E-state index contributed by atoms with van der Waals surface area (Å²) in [5, 5.41) is 42.8. The van der Waals surface area contributed by atoms with E-state index in [1.54, 1.807) is 6.92 Å². The first-order chi connectivity index (χ1) is 6.04. The molecule has 1 rings (SSSR count). The second kappa shape index (κ2) is 6.25. The summed E-state index contributed by atoms with van der Waals surface area (Å²) in [7, 11) is 0. The molecule has 0 amide bonds. The van der Waals surface area contributed by atoms with Crippen LogP contribution in [0.3, 0.4) is 0 Å². The van der Waals surface area contributed by atoms with Gasteiger partial charge in [-0.05, 0) is 6.92 Å². The van der Waals surface area contributed by atoms with Gasteiger partial charge in [0.1, 0.15) is 18.3 Å². The predicted molar refractivity (Wildman–Crippen MR) is 42.7 cm³/mol. The fourth-order valence-corrected chi connectivity index (χ4v) is 0.791. The highest BCUT2D eigenvalue weighted by atomic mass is 16.6. The van der Waals surface area contributed by atoms with Crippen LogP contribution in [0.25, 0.3) is 0 Å². The van der Waals surface area contributed by atoms with Gasteiger partial charge in [-0.3, -0.25) is 0 Å². The van der Waals surface area contributed by atoms with Gasteiger partial charge < -0.3 is 30.3 Å². The average Bonchev–Trinajstić information content (AvgIpc) is 2.10. The van der Waals surface area contributed by atoms with Gasteiger partial charge in [0.15, 0.2) is 6.29 Å². The van der Waals surface area contributed by atoms with Crippen LogP contribution in [0.5, 0.6) is 0 Å². The molecular formula is C7H16O6. The standard InChI is InChI=1S/C5H10O5.C2H6O/c6-2-1-10-5(9)4(8)3(2)7;1-2-3/h2-9H,1H2;3H,2H2,1H3/t2-,3+,4-,5?;/m1./s1. The lowest BCUT2D eigenvalue weighted by Gasteiger charge is -2.31. The molecule has 13 heavy (non-hydrogen) atoms. The van der Waals surface area contributed by atoms with Crippen molar-refractivity contribution in [1.29, 1.82) is 0 Å². The lowest BCUT2D eigenvalue weighted by atomic mass is 10.1. The molecule has 0 bridgehead atoms. The first-order valence-electron chi connectivity index (χ1n) is 3.99. The molecule has 5 N–H and O–H groups in total. The van der Waals surface area contributed by atoms with E-state index in [1.807, 2.05) is 0 Å². The Morgan fingerprint density at radius 2 is 1.62 bits per heavy atom. The van der Waals surface area contributed by atoms with E-state index >= 15 is 0 Å². The van der Waals surface area contributed by atoms with Crippen molar-refractivity contribution >= 4 is 0 Å². The summed E-state index contributed by atoms with van der Waals surface area (Å²) in [5.41, 5.74) is 0.